The average Bonchev–Trinajstić information content (AvgIpc) is 2.94. The second kappa shape index (κ2) is 7.69. The standard InChI is InChI=1S/C14H24N2O3S2/c1-11(2)15-8-13-7-14(20-10-13)21(17,18)16-9-12-3-5-19-6-4-12/h7,10-12,15-16H,3-6,8-9H2,1-2H3. The molecule has 2 N–H and O–H groups in total. The van der Waals surface area contributed by atoms with Crippen molar-refractivity contribution in [1.29, 1.82) is 0 Å². The van der Waals surface area contributed by atoms with E-state index >= 15 is 0 Å². The van der Waals surface area contributed by atoms with Crippen molar-refractivity contribution in [1.82, 2.24) is 10.0 Å². The predicted molar refractivity (Wildman–Crippen MR) is 85.0 cm³/mol. The van der Waals surface area contributed by atoms with Crippen LogP contribution in [0.15, 0.2) is 15.7 Å². The van der Waals surface area contributed by atoms with Gasteiger partial charge >= 0.3 is 0 Å². The summed E-state index contributed by atoms with van der Waals surface area (Å²) in [7, 11) is -3.38. The van der Waals surface area contributed by atoms with Crippen molar-refractivity contribution in [2.75, 3.05) is 19.8 Å². The van der Waals surface area contributed by atoms with Crippen LogP contribution < -0.4 is 10.0 Å². The number of rotatable bonds is 7. The van der Waals surface area contributed by atoms with E-state index in [-0.39, 0.29) is 0 Å². The smallest absolute Gasteiger partial charge is 0.250 e. The first-order valence-corrected chi connectivity index (χ1v) is 9.72. The normalized spacial score (nSPS) is 17.5. The third-order valence-corrected chi connectivity index (χ3v) is 6.42. The zero-order chi connectivity index (χ0) is 15.3. The highest BCUT2D eigenvalue weighted by atomic mass is 32.2. The van der Waals surface area contributed by atoms with Crippen LogP contribution in [0.1, 0.15) is 32.3 Å². The molecule has 1 aromatic heterocycles. The molecule has 0 bridgehead atoms. The summed E-state index contributed by atoms with van der Waals surface area (Å²) in [6.45, 7) is 6.80. The van der Waals surface area contributed by atoms with Gasteiger partial charge in [-0.2, -0.15) is 0 Å². The predicted octanol–water partition coefficient (Wildman–Crippen LogP) is 1.95. The minimum Gasteiger partial charge on any atom is -0.381 e. The molecule has 1 aromatic rings. The van der Waals surface area contributed by atoms with E-state index in [2.05, 4.69) is 23.9 Å². The fourth-order valence-electron chi connectivity index (χ4n) is 2.16. The summed E-state index contributed by atoms with van der Waals surface area (Å²) in [6.07, 6.45) is 1.85. The Balaban J connectivity index is 1.89. The molecular formula is C14H24N2O3S2. The lowest BCUT2D eigenvalue weighted by atomic mass is 10.0. The van der Waals surface area contributed by atoms with Crippen LogP contribution >= 0.6 is 11.3 Å². The fraction of sp³-hybridized carbons (Fsp3) is 0.714. The molecule has 0 aliphatic carbocycles. The first kappa shape index (κ1) is 16.9. The molecular weight excluding hydrogens is 308 g/mol. The Morgan fingerprint density at radius 2 is 2.10 bits per heavy atom. The van der Waals surface area contributed by atoms with Crippen LogP contribution in [0.4, 0.5) is 0 Å². The molecule has 2 heterocycles. The third-order valence-electron chi connectivity index (χ3n) is 3.51. The highest BCUT2D eigenvalue weighted by molar-refractivity contribution is 7.91. The lowest BCUT2D eigenvalue weighted by Gasteiger charge is -2.21. The summed E-state index contributed by atoms with van der Waals surface area (Å²) in [5.74, 6) is 0.385. The summed E-state index contributed by atoms with van der Waals surface area (Å²) >= 11 is 1.28. The molecule has 0 saturated carbocycles. The van der Waals surface area contributed by atoms with Crippen molar-refractivity contribution in [3.63, 3.8) is 0 Å². The van der Waals surface area contributed by atoms with Gasteiger partial charge in [0.2, 0.25) is 10.0 Å². The van der Waals surface area contributed by atoms with Crippen molar-refractivity contribution < 1.29 is 13.2 Å². The Kier molecular flexibility index (Phi) is 6.19. The van der Waals surface area contributed by atoms with Crippen LogP contribution in [0.25, 0.3) is 0 Å². The Bertz CT molecular complexity index is 534. The van der Waals surface area contributed by atoms with Gasteiger partial charge in [-0.1, -0.05) is 13.8 Å². The van der Waals surface area contributed by atoms with Crippen molar-refractivity contribution >= 4 is 21.4 Å². The van der Waals surface area contributed by atoms with Gasteiger partial charge in [0.15, 0.2) is 0 Å². The Morgan fingerprint density at radius 1 is 1.38 bits per heavy atom. The summed E-state index contributed by atoms with van der Waals surface area (Å²) in [6, 6.07) is 2.14. The summed E-state index contributed by atoms with van der Waals surface area (Å²) in [5.41, 5.74) is 1.01. The lowest BCUT2D eigenvalue weighted by molar-refractivity contribution is 0.0678. The first-order valence-electron chi connectivity index (χ1n) is 7.35. The van der Waals surface area contributed by atoms with Crippen molar-refractivity contribution in [3.05, 3.63) is 17.0 Å². The van der Waals surface area contributed by atoms with Crippen LogP contribution in [0.2, 0.25) is 0 Å². The molecule has 2 rings (SSSR count). The van der Waals surface area contributed by atoms with Gasteiger partial charge in [0, 0.05) is 32.3 Å². The number of nitrogens with one attached hydrogen (secondary N) is 2. The SMILES string of the molecule is CC(C)NCc1csc(S(=O)(=O)NCC2CCOCC2)c1. The second-order valence-corrected chi connectivity index (χ2v) is 8.62. The molecule has 0 unspecified atom stereocenters. The van der Waals surface area contributed by atoms with Crippen LogP contribution in [-0.4, -0.2) is 34.2 Å². The number of ether oxygens (including phenoxy) is 1. The maximum Gasteiger partial charge on any atom is 0.250 e. The van der Waals surface area contributed by atoms with Gasteiger partial charge in [-0.05, 0) is 35.8 Å². The van der Waals surface area contributed by atoms with E-state index in [4.69, 9.17) is 4.74 Å². The minimum absolute atomic E-state index is 0.385. The highest BCUT2D eigenvalue weighted by Crippen LogP contribution is 2.21. The van der Waals surface area contributed by atoms with Gasteiger partial charge in [0.1, 0.15) is 4.21 Å². The molecule has 120 valence electrons. The third kappa shape index (κ3) is 5.34. The van der Waals surface area contributed by atoms with Crippen molar-refractivity contribution in [2.24, 2.45) is 5.92 Å². The molecule has 5 nitrogen and oxygen atoms in total. The van der Waals surface area contributed by atoms with Crippen LogP contribution in [0, 0.1) is 5.92 Å². The minimum atomic E-state index is -3.38. The number of hydrogen-bond donors (Lipinski definition) is 2. The maximum atomic E-state index is 12.3. The van der Waals surface area contributed by atoms with Gasteiger partial charge in [-0.25, -0.2) is 13.1 Å². The molecule has 0 radical (unpaired) electrons. The summed E-state index contributed by atoms with van der Waals surface area (Å²) in [4.78, 5) is 0. The van der Waals surface area contributed by atoms with Gasteiger partial charge in [-0.15, -0.1) is 11.3 Å². The Labute approximate surface area is 131 Å². The van der Waals surface area contributed by atoms with Crippen LogP contribution in [-0.2, 0) is 21.3 Å². The average molecular weight is 332 g/mol. The number of sulfonamides is 1. The molecule has 1 aliphatic rings. The fourth-order valence-corrected chi connectivity index (χ4v) is 4.53. The molecule has 0 amide bonds. The number of thiophene rings is 1. The zero-order valence-corrected chi connectivity index (χ0v) is 14.2. The van der Waals surface area contributed by atoms with E-state index in [1.54, 1.807) is 6.07 Å². The molecule has 0 aromatic carbocycles. The van der Waals surface area contributed by atoms with E-state index in [1.165, 1.54) is 11.3 Å². The van der Waals surface area contributed by atoms with E-state index in [9.17, 15) is 8.42 Å². The first-order chi connectivity index (χ1) is 9.97. The molecule has 0 atom stereocenters. The second-order valence-electron chi connectivity index (χ2n) is 5.72. The van der Waals surface area contributed by atoms with Gasteiger partial charge in [-0.3, -0.25) is 0 Å². The van der Waals surface area contributed by atoms with E-state index in [0.717, 1.165) is 31.6 Å². The largest absolute Gasteiger partial charge is 0.381 e. The van der Waals surface area contributed by atoms with Crippen molar-refractivity contribution in [2.45, 2.75) is 43.5 Å². The lowest BCUT2D eigenvalue weighted by Crippen LogP contribution is -2.31. The van der Waals surface area contributed by atoms with Gasteiger partial charge < -0.3 is 10.1 Å². The highest BCUT2D eigenvalue weighted by Gasteiger charge is 2.20. The molecule has 7 heteroatoms. The Hall–Kier alpha value is -0.470. The van der Waals surface area contributed by atoms with Crippen molar-refractivity contribution in [3.8, 4) is 0 Å². The van der Waals surface area contributed by atoms with E-state index < -0.39 is 10.0 Å². The van der Waals surface area contributed by atoms with Crippen LogP contribution in [0.3, 0.4) is 0 Å². The van der Waals surface area contributed by atoms with E-state index in [1.807, 2.05) is 5.38 Å². The monoisotopic (exact) mass is 332 g/mol. The molecule has 1 fully saturated rings. The summed E-state index contributed by atoms with van der Waals surface area (Å²) < 4.78 is 33.0. The Morgan fingerprint density at radius 3 is 2.76 bits per heavy atom. The molecule has 21 heavy (non-hydrogen) atoms. The number of hydrogen-bond acceptors (Lipinski definition) is 5. The van der Waals surface area contributed by atoms with Gasteiger partial charge in [0.05, 0.1) is 0 Å². The molecule has 1 aliphatic heterocycles. The van der Waals surface area contributed by atoms with Crippen LogP contribution in [0.5, 0.6) is 0 Å². The zero-order valence-electron chi connectivity index (χ0n) is 12.6. The van der Waals surface area contributed by atoms with Gasteiger partial charge in [0.25, 0.3) is 0 Å². The topological polar surface area (TPSA) is 67.4 Å². The molecule has 1 saturated heterocycles. The maximum absolute atomic E-state index is 12.3. The summed E-state index contributed by atoms with van der Waals surface area (Å²) in [5, 5.41) is 5.19. The molecule has 0 spiro atoms. The van der Waals surface area contributed by atoms with E-state index in [0.29, 0.717) is 29.3 Å². The quantitative estimate of drug-likeness (QED) is 0.801.